The maximum Gasteiger partial charge on any atom is 0.326 e. The first kappa shape index (κ1) is 97.2. The van der Waals surface area contributed by atoms with Crippen molar-refractivity contribution in [2.45, 2.75) is 218 Å². The number of nitrogens with two attached hydrogens (primary N) is 4. The van der Waals surface area contributed by atoms with E-state index in [0.29, 0.717) is 5.56 Å². The van der Waals surface area contributed by atoms with Crippen LogP contribution in [0.2, 0.25) is 0 Å². The first-order valence-electron chi connectivity index (χ1n) is 35.0. The number of rotatable bonds is 51. The molecule has 0 radical (unpaired) electrons. The molecule has 27 N–H and O–H groups in total. The zero-order valence-corrected chi connectivity index (χ0v) is 63.9. The van der Waals surface area contributed by atoms with Crippen molar-refractivity contribution in [3.8, 4) is 0 Å². The predicted molar refractivity (Wildman–Crippen MR) is 393 cm³/mol. The van der Waals surface area contributed by atoms with Gasteiger partial charge in [-0.25, -0.2) is 4.79 Å². The highest BCUT2D eigenvalue weighted by Crippen LogP contribution is 2.15. The van der Waals surface area contributed by atoms with E-state index in [4.69, 9.17) is 22.9 Å². The molecule has 616 valence electrons. The summed E-state index contributed by atoms with van der Waals surface area (Å²) in [7, 11) is 0. The van der Waals surface area contributed by atoms with Gasteiger partial charge in [0.1, 0.15) is 78.5 Å². The maximum absolute atomic E-state index is 14.4. The lowest BCUT2D eigenvalue weighted by molar-refractivity contribution is -0.144. The molecule has 0 aliphatic rings. The van der Waals surface area contributed by atoms with Gasteiger partial charge in [-0.3, -0.25) is 86.5 Å². The van der Waals surface area contributed by atoms with Crippen molar-refractivity contribution < 1.29 is 117 Å². The molecule has 0 spiro atoms. The summed E-state index contributed by atoms with van der Waals surface area (Å²) in [4.78, 5) is 245. The van der Waals surface area contributed by atoms with E-state index >= 15 is 0 Å². The van der Waals surface area contributed by atoms with E-state index in [1.807, 2.05) is 0 Å². The normalized spacial score (nSPS) is 15.3. The minimum Gasteiger partial charge on any atom is -0.481 e. The van der Waals surface area contributed by atoms with Gasteiger partial charge in [-0.2, -0.15) is 11.8 Å². The summed E-state index contributed by atoms with van der Waals surface area (Å²) in [5.74, 6) is -25.8. The smallest absolute Gasteiger partial charge is 0.326 e. The Hall–Kier alpha value is -10.8. The van der Waals surface area contributed by atoms with E-state index in [0.717, 1.165) is 6.92 Å². The Kier molecular flexibility index (Phi) is 42.9. The number of nitrogens with zero attached hydrogens (tertiary/aromatic N) is 1. The number of nitrogens with one attached hydrogen (secondary N) is 13. The van der Waals surface area contributed by atoms with Gasteiger partial charge in [-0.05, 0) is 80.8 Å². The van der Waals surface area contributed by atoms with Crippen molar-refractivity contribution >= 4 is 124 Å². The zero-order chi connectivity index (χ0) is 84.1. The molecule has 0 aliphatic carbocycles. The molecular formula is C67H108N18O24S. The standard InChI is InChI=1S/C67H108N18O24S/c1-29(2)48(81-54(96)36(18-15-22-72-67(70)71)74-65(107)52(34(10)87)85-55(97)37(19-20-45(89)90)73-61(103)43(28-86)80-53(95)33(9)68)62(104)75-38(21-23-110-11)56(98)82-49(30(3)4)64(106)79-41(26-46(91)92)58(100)77-42(27-47(93)94)60(102)83-50(31(5)6)63(105)78-39(24-35-16-13-12-14-17-35)57(99)76-40(25-44(69)88)59(101)84-51(32(7)8)66(108)109/h12-14,16-17,29-34,36-43,48-52,86-87H,15,18-28,68H2,1-11H3,(H2,69,88)(H,73,103)(H,74,107)(H,75,104)(H,76,99)(H,77,100)(H,78,105)(H,79,106)(H,80,95)(H,81,96)(H,82,98)(H,83,102)(H,84,101)(H,85,97)(H,89,90)(H,91,92)(H,93,94)(H,108,109)(H4,70,71,72)/t33-,34+,36-,37-,38-,39-,40-,41-,42-,43-,48-,49-,50-,51-,52-/m0/s1. The molecule has 0 aromatic heterocycles. The first-order chi connectivity index (χ1) is 51.3. The second kappa shape index (κ2) is 48.6. The number of carbonyl (C=O) groups is 18. The lowest BCUT2D eigenvalue weighted by Crippen LogP contribution is -2.63. The Balaban J connectivity index is 3.65. The third kappa shape index (κ3) is 35.5. The Bertz CT molecular complexity index is 3410. The Morgan fingerprint density at radius 3 is 1.12 bits per heavy atom. The lowest BCUT2D eigenvalue weighted by Gasteiger charge is -2.30. The summed E-state index contributed by atoms with van der Waals surface area (Å²) in [6.45, 7) is 12.9. The summed E-state index contributed by atoms with van der Waals surface area (Å²) >= 11 is 1.22. The third-order valence-corrected chi connectivity index (χ3v) is 17.0. The van der Waals surface area contributed by atoms with E-state index in [1.54, 1.807) is 36.6 Å². The van der Waals surface area contributed by atoms with Gasteiger partial charge in [-0.1, -0.05) is 85.7 Å². The number of carboxylic acids is 4. The summed E-state index contributed by atoms with van der Waals surface area (Å²) in [5.41, 5.74) is 22.3. The van der Waals surface area contributed by atoms with Crippen LogP contribution in [0.4, 0.5) is 0 Å². The molecule has 43 heteroatoms. The lowest BCUT2D eigenvalue weighted by atomic mass is 9.99. The van der Waals surface area contributed by atoms with Gasteiger partial charge in [0.15, 0.2) is 5.96 Å². The molecule has 1 aromatic rings. The number of aliphatic hydroxyl groups is 2. The van der Waals surface area contributed by atoms with Gasteiger partial charge in [0.05, 0.1) is 38.0 Å². The molecule has 110 heavy (non-hydrogen) atoms. The first-order valence-corrected chi connectivity index (χ1v) is 36.4. The molecule has 0 bridgehead atoms. The molecule has 0 unspecified atom stereocenters. The van der Waals surface area contributed by atoms with E-state index in [1.165, 1.54) is 74.1 Å². The van der Waals surface area contributed by atoms with Crippen molar-refractivity contribution in [2.75, 3.05) is 25.2 Å². The van der Waals surface area contributed by atoms with Crippen molar-refractivity contribution in [3.63, 3.8) is 0 Å². The van der Waals surface area contributed by atoms with E-state index in [-0.39, 0.29) is 43.9 Å². The number of guanidine groups is 1. The molecule has 0 saturated heterocycles. The second-order valence-electron chi connectivity index (χ2n) is 27.2. The number of aliphatic hydroxyl groups excluding tert-OH is 2. The molecule has 0 fully saturated rings. The molecule has 42 nitrogen and oxygen atoms in total. The minimum atomic E-state index is -2.14. The minimum absolute atomic E-state index is 0.0394. The number of amides is 14. The van der Waals surface area contributed by atoms with Crippen molar-refractivity contribution in [3.05, 3.63) is 35.9 Å². The molecule has 0 saturated carbocycles. The van der Waals surface area contributed by atoms with Crippen molar-refractivity contribution in [1.82, 2.24) is 69.1 Å². The Morgan fingerprint density at radius 2 is 0.736 bits per heavy atom. The van der Waals surface area contributed by atoms with Gasteiger partial charge in [-0.15, -0.1) is 0 Å². The predicted octanol–water partition coefficient (Wildman–Crippen LogP) is -7.54. The van der Waals surface area contributed by atoms with E-state index in [2.05, 4.69) is 74.1 Å². The molecule has 0 heterocycles. The number of carboxylic acid groups (broad SMARTS) is 4. The fourth-order valence-electron chi connectivity index (χ4n) is 10.2. The topological polar surface area (TPSA) is 701 Å². The van der Waals surface area contributed by atoms with Gasteiger partial charge in [0.25, 0.3) is 0 Å². The highest BCUT2D eigenvalue weighted by molar-refractivity contribution is 7.98. The highest BCUT2D eigenvalue weighted by Gasteiger charge is 2.41. The molecule has 14 amide bonds. The second-order valence-corrected chi connectivity index (χ2v) is 28.2. The van der Waals surface area contributed by atoms with E-state index in [9.17, 15) is 117 Å². The van der Waals surface area contributed by atoms with Crippen LogP contribution in [0.25, 0.3) is 0 Å². The fourth-order valence-corrected chi connectivity index (χ4v) is 10.7. The van der Waals surface area contributed by atoms with Crippen LogP contribution in [0.5, 0.6) is 0 Å². The average molecular weight is 1580 g/mol. The molecule has 0 aliphatic heterocycles. The van der Waals surface area contributed by atoms with Crippen LogP contribution in [0, 0.1) is 23.7 Å². The van der Waals surface area contributed by atoms with Crippen LogP contribution >= 0.6 is 11.8 Å². The van der Waals surface area contributed by atoms with Crippen LogP contribution < -0.4 is 92.1 Å². The third-order valence-electron chi connectivity index (χ3n) is 16.3. The highest BCUT2D eigenvalue weighted by atomic mass is 32.2. The van der Waals surface area contributed by atoms with Crippen LogP contribution in [0.15, 0.2) is 35.3 Å². The van der Waals surface area contributed by atoms with Crippen LogP contribution in [0.1, 0.15) is 126 Å². The van der Waals surface area contributed by atoms with Gasteiger partial charge >= 0.3 is 23.9 Å². The van der Waals surface area contributed by atoms with Gasteiger partial charge in [0, 0.05) is 19.4 Å². The number of carbonyl (C=O) groups excluding carboxylic acids is 14. The van der Waals surface area contributed by atoms with Crippen LogP contribution in [-0.2, 0) is 92.7 Å². The van der Waals surface area contributed by atoms with Crippen LogP contribution in [-0.4, -0.2) is 259 Å². The van der Waals surface area contributed by atoms with Crippen molar-refractivity contribution in [1.29, 1.82) is 0 Å². The van der Waals surface area contributed by atoms with Crippen molar-refractivity contribution in [2.24, 2.45) is 51.6 Å². The summed E-state index contributed by atoms with van der Waals surface area (Å²) in [6.07, 6.45) is -5.54. The summed E-state index contributed by atoms with van der Waals surface area (Å²) in [5, 5.41) is 89.9. The maximum atomic E-state index is 14.4. The largest absolute Gasteiger partial charge is 0.481 e. The number of hydrogen-bond acceptors (Lipinski definition) is 23. The number of benzene rings is 1. The van der Waals surface area contributed by atoms with E-state index < -0.39 is 260 Å². The molecular weight excluding hydrogens is 1470 g/mol. The quantitative estimate of drug-likeness (QED) is 0.0164. The molecule has 15 atom stereocenters. The monoisotopic (exact) mass is 1580 g/mol. The SMILES string of the molecule is CSCC[C@H](NC(=O)[C@@H](NC(=O)[C@H](CCCN=C(N)N)NC(=O)[C@@H](NC(=O)[C@H](CCC(=O)O)NC(=O)[C@H](CO)NC(=O)[C@H](C)N)[C@@H](C)O)C(C)C)C(=O)N[C@H](C(=O)N[C@@H](CC(=O)O)C(=O)N[C@@H](CC(=O)O)C(=O)N[C@H](C(=O)N[C@@H](Cc1ccccc1)C(=O)N[C@@H](CC(N)=O)C(=O)N[C@H](C(=O)O)C(C)C)C(C)C)C(C)C. The van der Waals surface area contributed by atoms with Crippen LogP contribution in [0.3, 0.4) is 0 Å². The number of hydrogen-bond donors (Lipinski definition) is 23. The molecule has 1 aromatic carbocycles. The molecule has 1 rings (SSSR count). The van der Waals surface area contributed by atoms with Gasteiger partial charge in [0.2, 0.25) is 82.7 Å². The Labute approximate surface area is 638 Å². The summed E-state index contributed by atoms with van der Waals surface area (Å²) < 4.78 is 0. The summed E-state index contributed by atoms with van der Waals surface area (Å²) in [6, 6.07) is -15.8. The number of primary amides is 1. The average Bonchev–Trinajstić information content (AvgIpc) is 0.849. The number of thioether (sulfide) groups is 1. The van der Waals surface area contributed by atoms with Gasteiger partial charge < -0.3 is 123 Å². The number of aliphatic carboxylic acids is 4. The Morgan fingerprint density at radius 1 is 0.400 bits per heavy atom. The fraction of sp³-hybridized carbons (Fsp3) is 0.627. The zero-order valence-electron chi connectivity index (χ0n) is 63.0. The number of aliphatic imine (C=N–C) groups is 1.